The molecule has 0 radical (unpaired) electrons. The predicted molar refractivity (Wildman–Crippen MR) is 219 cm³/mol. The highest BCUT2D eigenvalue weighted by atomic mass is 35.5. The van der Waals surface area contributed by atoms with E-state index in [1.165, 1.54) is 11.1 Å². The second-order valence-electron chi connectivity index (χ2n) is 18.2. The number of carbonyl (C=O) groups is 5. The minimum Gasteiger partial charge on any atom is -0.490 e. The lowest BCUT2D eigenvalue weighted by atomic mass is 9.48. The molecule has 60 heavy (non-hydrogen) atoms. The lowest BCUT2D eigenvalue weighted by Crippen LogP contribution is -2.77. The molecule has 5 aliphatic rings. The topological polar surface area (TPSA) is 192 Å². The maximum absolute atomic E-state index is 14.4. The number of aromatic nitrogens is 2. The first-order chi connectivity index (χ1) is 28.4. The van der Waals surface area contributed by atoms with Crippen molar-refractivity contribution in [2.75, 3.05) is 24.5 Å². The van der Waals surface area contributed by atoms with Gasteiger partial charge in [0.05, 0.1) is 40.1 Å². The molecule has 15 nitrogen and oxygen atoms in total. The molecular weight excluding hydrogens is 788 g/mol. The van der Waals surface area contributed by atoms with Gasteiger partial charge in [-0.1, -0.05) is 39.3 Å². The molecular formula is C44H49ClN8O7. The van der Waals surface area contributed by atoms with Crippen LogP contribution in [-0.2, 0) is 9.59 Å². The quantitative estimate of drug-likeness (QED) is 0.244. The van der Waals surface area contributed by atoms with Crippen LogP contribution in [0.3, 0.4) is 0 Å². The van der Waals surface area contributed by atoms with Gasteiger partial charge in [0.1, 0.15) is 47.3 Å². The van der Waals surface area contributed by atoms with Crippen LogP contribution in [0.25, 0.3) is 0 Å². The molecule has 8 rings (SSSR count). The minimum atomic E-state index is -1.14. The van der Waals surface area contributed by atoms with Crippen LogP contribution < -0.4 is 20.1 Å². The normalized spacial score (nSPS) is 25.7. The van der Waals surface area contributed by atoms with Gasteiger partial charge in [-0.15, -0.1) is 0 Å². The van der Waals surface area contributed by atoms with Gasteiger partial charge in [0.15, 0.2) is 0 Å². The Morgan fingerprint density at radius 1 is 0.950 bits per heavy atom. The molecule has 0 bridgehead atoms. The molecule has 2 saturated carbocycles. The van der Waals surface area contributed by atoms with Crippen LogP contribution in [0, 0.1) is 28.1 Å². The number of carbonyl (C=O) groups excluding carboxylic acids is 5. The SMILES string of the molecule is CC(C)N(CC1CN(c2cnc(C(N)=O)cn2)C1)C1CC(Oc2ccc3c(c2)C(=O)N(C2CCC(=O)N(C4C(C)(C)C(Oc5ccc(C#N)c(Cl)c5)C4(C)C)C2=O)C3=O)C1. The summed E-state index contributed by atoms with van der Waals surface area (Å²) in [6, 6.07) is 10.7. The van der Waals surface area contributed by atoms with E-state index in [9.17, 15) is 29.2 Å². The van der Waals surface area contributed by atoms with Crippen molar-refractivity contribution in [2.45, 2.75) is 104 Å². The molecule has 16 heteroatoms. The number of amides is 5. The smallest absolute Gasteiger partial charge is 0.268 e. The minimum absolute atomic E-state index is 0.00623. The van der Waals surface area contributed by atoms with Crippen molar-refractivity contribution >= 4 is 47.0 Å². The van der Waals surface area contributed by atoms with E-state index in [0.717, 1.165) is 43.2 Å². The number of hydrogen-bond donors (Lipinski definition) is 1. The van der Waals surface area contributed by atoms with Gasteiger partial charge in [0, 0.05) is 73.8 Å². The van der Waals surface area contributed by atoms with Crippen molar-refractivity contribution in [3.8, 4) is 17.6 Å². The summed E-state index contributed by atoms with van der Waals surface area (Å²) in [5, 5.41) is 9.54. The molecule has 2 saturated heterocycles. The molecule has 314 valence electrons. The largest absolute Gasteiger partial charge is 0.490 e. The highest BCUT2D eigenvalue weighted by molar-refractivity contribution is 6.31. The van der Waals surface area contributed by atoms with Crippen LogP contribution >= 0.6 is 11.6 Å². The van der Waals surface area contributed by atoms with Gasteiger partial charge in [-0.25, -0.2) is 9.97 Å². The monoisotopic (exact) mass is 836 g/mol. The number of benzene rings is 2. The number of ether oxygens (including phenoxy) is 2. The number of anilines is 1. The first kappa shape index (κ1) is 41.2. The van der Waals surface area contributed by atoms with E-state index in [-0.39, 0.29) is 46.7 Å². The summed E-state index contributed by atoms with van der Waals surface area (Å²) < 4.78 is 12.7. The van der Waals surface area contributed by atoms with Gasteiger partial charge < -0.3 is 20.1 Å². The molecule has 1 aromatic heterocycles. The number of piperidine rings is 1. The predicted octanol–water partition coefficient (Wildman–Crippen LogP) is 4.85. The second kappa shape index (κ2) is 15.1. The molecule has 5 amide bonds. The van der Waals surface area contributed by atoms with Crippen molar-refractivity contribution in [1.29, 1.82) is 5.26 Å². The summed E-state index contributed by atoms with van der Waals surface area (Å²) in [5.41, 5.74) is 4.70. The number of nitriles is 1. The van der Waals surface area contributed by atoms with Gasteiger partial charge in [-0.3, -0.25) is 38.7 Å². The lowest BCUT2D eigenvalue weighted by molar-refractivity contribution is -0.216. The maximum Gasteiger partial charge on any atom is 0.268 e. The summed E-state index contributed by atoms with van der Waals surface area (Å²) in [5.74, 6) is -0.584. The lowest BCUT2D eigenvalue weighted by Gasteiger charge is -2.65. The average Bonchev–Trinajstić information content (AvgIpc) is 3.41. The van der Waals surface area contributed by atoms with Crippen molar-refractivity contribution in [3.05, 3.63) is 76.2 Å². The standard InChI is InChI=1S/C44H49ClN8O7/c1-23(2)51(22-24-20-50(21-24)35-19-48-33(18-49-35)37(47)55)26-13-29(14-26)59-27-9-10-30-31(15-27)39(57)52(38(30)56)34-11-12-36(54)53(40(34)58)41-43(3,4)42(44(41,5)6)60-28-8-7-25(17-46)32(45)16-28/h7-10,15-16,18-19,23-24,26,29,34,41-42H,11-14,20-22H2,1-6H3,(H2,47,55). The van der Waals surface area contributed by atoms with E-state index >= 15 is 0 Å². The number of nitrogens with two attached hydrogens (primary N) is 1. The summed E-state index contributed by atoms with van der Waals surface area (Å²) in [6.07, 6.45) is 4.13. The first-order valence-corrected chi connectivity index (χ1v) is 20.8. The Kier molecular flexibility index (Phi) is 10.4. The maximum atomic E-state index is 14.4. The zero-order chi connectivity index (χ0) is 43.0. The summed E-state index contributed by atoms with van der Waals surface area (Å²) >= 11 is 6.27. The van der Waals surface area contributed by atoms with Gasteiger partial charge >= 0.3 is 0 Å². The van der Waals surface area contributed by atoms with Gasteiger partial charge in [-0.2, -0.15) is 5.26 Å². The zero-order valence-electron chi connectivity index (χ0n) is 34.6. The molecule has 4 heterocycles. The van der Waals surface area contributed by atoms with E-state index in [2.05, 4.69) is 33.6 Å². The van der Waals surface area contributed by atoms with E-state index in [4.69, 9.17) is 26.8 Å². The molecule has 2 aromatic carbocycles. The summed E-state index contributed by atoms with van der Waals surface area (Å²) in [4.78, 5) is 82.5. The van der Waals surface area contributed by atoms with Crippen LogP contribution in [0.2, 0.25) is 5.02 Å². The molecule has 4 fully saturated rings. The third kappa shape index (κ3) is 6.93. The van der Waals surface area contributed by atoms with Crippen LogP contribution in [0.5, 0.6) is 11.5 Å². The molecule has 1 unspecified atom stereocenters. The number of rotatable bonds is 12. The van der Waals surface area contributed by atoms with Crippen LogP contribution in [0.4, 0.5) is 5.82 Å². The van der Waals surface area contributed by atoms with Crippen molar-refractivity contribution in [3.63, 3.8) is 0 Å². The van der Waals surface area contributed by atoms with Crippen molar-refractivity contribution in [2.24, 2.45) is 22.5 Å². The highest BCUT2D eigenvalue weighted by Gasteiger charge is 2.68. The molecule has 3 aliphatic heterocycles. The highest BCUT2D eigenvalue weighted by Crippen LogP contribution is 2.58. The fraction of sp³-hybridized carbons (Fsp3) is 0.500. The molecule has 3 aromatic rings. The fourth-order valence-electron chi connectivity index (χ4n) is 10.4. The average molecular weight is 837 g/mol. The van der Waals surface area contributed by atoms with Crippen molar-refractivity contribution in [1.82, 2.24) is 24.7 Å². The zero-order valence-corrected chi connectivity index (χ0v) is 35.3. The van der Waals surface area contributed by atoms with Crippen LogP contribution in [-0.4, -0.2) is 110 Å². The Morgan fingerprint density at radius 2 is 1.62 bits per heavy atom. The Hall–Kier alpha value is -5.59. The van der Waals surface area contributed by atoms with Crippen LogP contribution in [0.15, 0.2) is 48.8 Å². The second-order valence-corrected chi connectivity index (χ2v) is 18.6. The third-order valence-electron chi connectivity index (χ3n) is 13.1. The number of primary amides is 1. The first-order valence-electron chi connectivity index (χ1n) is 20.4. The van der Waals surface area contributed by atoms with E-state index in [1.807, 2.05) is 33.8 Å². The Balaban J connectivity index is 0.885. The number of likely N-dealkylation sites (tertiary alicyclic amines) is 1. The van der Waals surface area contributed by atoms with Gasteiger partial charge in [0.25, 0.3) is 23.6 Å². The number of hydrogen-bond acceptors (Lipinski definition) is 12. The number of fused-ring (bicyclic) bond motifs is 1. The Bertz CT molecular complexity index is 2300. The third-order valence-corrected chi connectivity index (χ3v) is 13.4. The van der Waals surface area contributed by atoms with Gasteiger partial charge in [-0.05, 0) is 50.6 Å². The summed E-state index contributed by atoms with van der Waals surface area (Å²) in [7, 11) is 0. The van der Waals surface area contributed by atoms with Crippen LogP contribution in [0.1, 0.15) is 104 Å². The van der Waals surface area contributed by atoms with E-state index < -0.39 is 52.6 Å². The number of halogens is 1. The summed E-state index contributed by atoms with van der Waals surface area (Å²) in [6.45, 7) is 14.7. The number of nitrogens with zero attached hydrogens (tertiary/aromatic N) is 7. The van der Waals surface area contributed by atoms with Gasteiger partial charge in [0.2, 0.25) is 5.91 Å². The fourth-order valence-corrected chi connectivity index (χ4v) is 10.6. The van der Waals surface area contributed by atoms with Crippen molar-refractivity contribution < 1.29 is 33.4 Å². The van der Waals surface area contributed by atoms with E-state index in [1.54, 1.807) is 42.6 Å². The van der Waals surface area contributed by atoms with E-state index in [0.29, 0.717) is 35.1 Å². The molecule has 1 atom stereocenters. The molecule has 0 spiro atoms. The Morgan fingerprint density at radius 3 is 2.23 bits per heavy atom. The Labute approximate surface area is 353 Å². The molecule has 2 N–H and O–H groups in total. The molecule has 2 aliphatic carbocycles. The number of imide groups is 2.